The van der Waals surface area contributed by atoms with Gasteiger partial charge in [0.15, 0.2) is 0 Å². The van der Waals surface area contributed by atoms with Gasteiger partial charge in [0.1, 0.15) is 0 Å². The van der Waals surface area contributed by atoms with Gasteiger partial charge in [0.05, 0.1) is 0 Å². The lowest BCUT2D eigenvalue weighted by Crippen LogP contribution is -2.19. The van der Waals surface area contributed by atoms with Crippen molar-refractivity contribution in [3.05, 3.63) is 107 Å². The Kier molecular flexibility index (Phi) is 5.68. The van der Waals surface area contributed by atoms with Crippen molar-refractivity contribution in [2.24, 2.45) is 0 Å². The summed E-state index contributed by atoms with van der Waals surface area (Å²) < 4.78 is 0. The number of nitrogens with zero attached hydrogens (tertiary/aromatic N) is 2. The van der Waals surface area contributed by atoms with Crippen LogP contribution in [0.25, 0.3) is 5.57 Å². The van der Waals surface area contributed by atoms with Gasteiger partial charge in [0.25, 0.3) is 0 Å². The van der Waals surface area contributed by atoms with E-state index in [-0.39, 0.29) is 0 Å². The molecular formula is C26H28N2. The molecule has 2 nitrogen and oxygen atoms in total. The number of aromatic nitrogens is 1. The lowest BCUT2D eigenvalue weighted by atomic mass is 9.89. The maximum atomic E-state index is 4.64. The first-order chi connectivity index (χ1) is 13.7. The summed E-state index contributed by atoms with van der Waals surface area (Å²) >= 11 is 0. The van der Waals surface area contributed by atoms with Crippen LogP contribution in [0.2, 0.25) is 0 Å². The first-order valence-corrected chi connectivity index (χ1v) is 10.2. The fourth-order valence-corrected chi connectivity index (χ4v) is 4.30. The highest BCUT2D eigenvalue weighted by Gasteiger charge is 2.26. The normalized spacial score (nSPS) is 14.4. The van der Waals surface area contributed by atoms with Gasteiger partial charge in [-0.05, 0) is 54.3 Å². The van der Waals surface area contributed by atoms with E-state index < -0.39 is 0 Å². The van der Waals surface area contributed by atoms with Crippen molar-refractivity contribution in [3.8, 4) is 0 Å². The minimum Gasteiger partial charge on any atom is -0.302 e. The molecule has 0 N–H and O–H groups in total. The van der Waals surface area contributed by atoms with Gasteiger partial charge < -0.3 is 4.90 Å². The highest BCUT2D eigenvalue weighted by Crippen LogP contribution is 2.42. The number of pyridine rings is 1. The van der Waals surface area contributed by atoms with Crippen LogP contribution in [0.4, 0.5) is 0 Å². The maximum absolute atomic E-state index is 4.64. The molecule has 1 aliphatic carbocycles. The molecule has 0 saturated carbocycles. The third-order valence-electron chi connectivity index (χ3n) is 5.75. The van der Waals surface area contributed by atoms with Crippen LogP contribution in [0.15, 0.2) is 84.6 Å². The lowest BCUT2D eigenvalue weighted by molar-refractivity contribution is 0.330. The quantitative estimate of drug-likeness (QED) is 0.530. The molecule has 1 aromatic heterocycles. The second-order valence-corrected chi connectivity index (χ2v) is 7.80. The smallest absolute Gasteiger partial charge is 0.0475 e. The Morgan fingerprint density at radius 2 is 1.68 bits per heavy atom. The summed E-state index contributed by atoms with van der Waals surface area (Å²) in [5, 5.41) is 0. The number of hydrogen-bond donors (Lipinski definition) is 0. The summed E-state index contributed by atoms with van der Waals surface area (Å²) in [6.07, 6.45) is 4.08. The van der Waals surface area contributed by atoms with E-state index in [9.17, 15) is 0 Å². The average molecular weight is 369 g/mol. The molecule has 28 heavy (non-hydrogen) atoms. The van der Waals surface area contributed by atoms with E-state index in [0.717, 1.165) is 31.6 Å². The SMILES string of the molecule is CC(C1=C(CCN(C)Cc2ccccc2)Cc2ccccc21)c1ccccn1. The summed E-state index contributed by atoms with van der Waals surface area (Å²) in [5.41, 5.74) is 8.46. The van der Waals surface area contributed by atoms with E-state index in [1.54, 1.807) is 5.57 Å². The van der Waals surface area contributed by atoms with Gasteiger partial charge in [-0.1, -0.05) is 73.2 Å². The van der Waals surface area contributed by atoms with Crippen molar-refractivity contribution < 1.29 is 0 Å². The monoisotopic (exact) mass is 368 g/mol. The number of allylic oxidation sites excluding steroid dienone is 1. The second kappa shape index (κ2) is 8.53. The van der Waals surface area contributed by atoms with Crippen LogP contribution in [0.1, 0.15) is 41.6 Å². The molecule has 2 aromatic carbocycles. The zero-order valence-corrected chi connectivity index (χ0v) is 16.8. The van der Waals surface area contributed by atoms with Gasteiger partial charge in [-0.2, -0.15) is 0 Å². The minimum absolute atomic E-state index is 0.319. The topological polar surface area (TPSA) is 16.1 Å². The highest BCUT2D eigenvalue weighted by molar-refractivity contribution is 5.80. The zero-order valence-electron chi connectivity index (χ0n) is 16.8. The Hall–Kier alpha value is -2.71. The van der Waals surface area contributed by atoms with Crippen LogP contribution in [0, 0.1) is 0 Å². The molecular weight excluding hydrogens is 340 g/mol. The zero-order chi connectivity index (χ0) is 19.3. The molecule has 0 aliphatic heterocycles. The van der Waals surface area contributed by atoms with Gasteiger partial charge in [-0.25, -0.2) is 0 Å². The molecule has 1 unspecified atom stereocenters. The maximum Gasteiger partial charge on any atom is 0.0475 e. The van der Waals surface area contributed by atoms with Gasteiger partial charge in [-0.15, -0.1) is 0 Å². The van der Waals surface area contributed by atoms with Gasteiger partial charge in [0, 0.05) is 30.9 Å². The first-order valence-electron chi connectivity index (χ1n) is 10.2. The molecule has 1 aliphatic rings. The minimum atomic E-state index is 0.319. The van der Waals surface area contributed by atoms with Gasteiger partial charge >= 0.3 is 0 Å². The number of hydrogen-bond acceptors (Lipinski definition) is 2. The lowest BCUT2D eigenvalue weighted by Gasteiger charge is -2.20. The van der Waals surface area contributed by atoms with Crippen molar-refractivity contribution in [2.45, 2.75) is 32.2 Å². The fraction of sp³-hybridized carbons (Fsp3) is 0.269. The summed E-state index contributed by atoms with van der Waals surface area (Å²) in [6.45, 7) is 4.36. The Morgan fingerprint density at radius 3 is 2.46 bits per heavy atom. The molecule has 4 rings (SSSR count). The van der Waals surface area contributed by atoms with E-state index in [4.69, 9.17) is 0 Å². The molecule has 2 heteroatoms. The Morgan fingerprint density at radius 1 is 0.929 bits per heavy atom. The van der Waals surface area contributed by atoms with Crippen molar-refractivity contribution >= 4 is 5.57 Å². The van der Waals surface area contributed by atoms with Crippen LogP contribution in [0.5, 0.6) is 0 Å². The Labute approximate surface area is 168 Å². The first kappa shape index (κ1) is 18.6. The Bertz CT molecular complexity index is 944. The van der Waals surface area contributed by atoms with E-state index in [1.165, 1.54) is 22.3 Å². The number of benzene rings is 2. The third-order valence-corrected chi connectivity index (χ3v) is 5.75. The number of fused-ring (bicyclic) bond motifs is 1. The van der Waals surface area contributed by atoms with E-state index in [1.807, 2.05) is 12.3 Å². The molecule has 1 atom stereocenters. The molecule has 0 amide bonds. The van der Waals surface area contributed by atoms with Gasteiger partial charge in [0.2, 0.25) is 0 Å². The van der Waals surface area contributed by atoms with Crippen LogP contribution in [-0.2, 0) is 13.0 Å². The van der Waals surface area contributed by atoms with Crippen LogP contribution in [0.3, 0.4) is 0 Å². The second-order valence-electron chi connectivity index (χ2n) is 7.80. The van der Waals surface area contributed by atoms with Crippen molar-refractivity contribution in [3.63, 3.8) is 0 Å². The van der Waals surface area contributed by atoms with Gasteiger partial charge in [-0.3, -0.25) is 4.98 Å². The standard InChI is InChI=1S/C26H28N2/c1-20(25-14-8-9-16-27-25)26-23(18-22-12-6-7-13-24(22)26)15-17-28(2)19-21-10-4-3-5-11-21/h3-14,16,20H,15,17-19H2,1-2H3. The molecule has 0 spiro atoms. The summed E-state index contributed by atoms with van der Waals surface area (Å²) in [6, 6.07) is 25.8. The van der Waals surface area contributed by atoms with Crippen LogP contribution in [-0.4, -0.2) is 23.5 Å². The van der Waals surface area contributed by atoms with E-state index in [2.05, 4.69) is 90.6 Å². The average Bonchev–Trinajstić information content (AvgIpc) is 3.11. The summed E-state index contributed by atoms with van der Waals surface area (Å²) in [4.78, 5) is 7.06. The third kappa shape index (κ3) is 4.07. The largest absolute Gasteiger partial charge is 0.302 e. The van der Waals surface area contributed by atoms with Crippen molar-refractivity contribution in [2.75, 3.05) is 13.6 Å². The predicted octanol–water partition coefficient (Wildman–Crippen LogP) is 5.72. The highest BCUT2D eigenvalue weighted by atomic mass is 15.1. The molecule has 3 aromatic rings. The van der Waals surface area contributed by atoms with Crippen molar-refractivity contribution in [1.82, 2.24) is 9.88 Å². The molecule has 142 valence electrons. The molecule has 0 bridgehead atoms. The Balaban J connectivity index is 1.54. The molecule has 1 heterocycles. The van der Waals surface area contributed by atoms with E-state index >= 15 is 0 Å². The predicted molar refractivity (Wildman–Crippen MR) is 117 cm³/mol. The fourth-order valence-electron chi connectivity index (χ4n) is 4.30. The van der Waals surface area contributed by atoms with E-state index in [0.29, 0.717) is 5.92 Å². The van der Waals surface area contributed by atoms with Crippen LogP contribution >= 0.6 is 0 Å². The van der Waals surface area contributed by atoms with Crippen LogP contribution < -0.4 is 0 Å². The van der Waals surface area contributed by atoms with Crippen molar-refractivity contribution in [1.29, 1.82) is 0 Å². The number of rotatable bonds is 7. The molecule has 0 fully saturated rings. The molecule has 0 radical (unpaired) electrons. The summed E-state index contributed by atoms with van der Waals surface area (Å²) in [5.74, 6) is 0.319. The molecule has 0 saturated heterocycles. The summed E-state index contributed by atoms with van der Waals surface area (Å²) in [7, 11) is 2.22.